The number of hydrogen-bond acceptors (Lipinski definition) is 5. The van der Waals surface area contributed by atoms with E-state index in [4.69, 9.17) is 9.47 Å². The Kier molecular flexibility index (Phi) is 5.84. The molecule has 144 valence electrons. The van der Waals surface area contributed by atoms with E-state index in [2.05, 4.69) is 21.2 Å². The van der Waals surface area contributed by atoms with Crippen LogP contribution in [0.25, 0.3) is 6.08 Å². The minimum atomic E-state index is -0.691. The first-order valence-corrected chi connectivity index (χ1v) is 9.66. The fourth-order valence-electron chi connectivity index (χ4n) is 3.44. The summed E-state index contributed by atoms with van der Waals surface area (Å²) in [5.41, 5.74) is 0.515. The maximum atomic E-state index is 12.9. The molecule has 4 amide bonds. The zero-order chi connectivity index (χ0) is 19.6. The third kappa shape index (κ3) is 3.85. The zero-order valence-electron chi connectivity index (χ0n) is 15.2. The van der Waals surface area contributed by atoms with Crippen molar-refractivity contribution < 1.29 is 23.9 Å². The van der Waals surface area contributed by atoms with Crippen molar-refractivity contribution in [2.45, 2.75) is 38.6 Å². The first-order valence-electron chi connectivity index (χ1n) is 8.87. The molecular formula is C19H21BrN2O5. The summed E-state index contributed by atoms with van der Waals surface area (Å²) in [6.45, 7) is 2.33. The Morgan fingerprint density at radius 1 is 1.26 bits per heavy atom. The molecule has 3 rings (SSSR count). The number of hydrogen-bond donors (Lipinski definition) is 1. The minimum absolute atomic E-state index is 0.0698. The predicted molar refractivity (Wildman–Crippen MR) is 102 cm³/mol. The number of benzene rings is 1. The second-order valence-electron chi connectivity index (χ2n) is 6.40. The van der Waals surface area contributed by atoms with E-state index in [1.807, 2.05) is 6.92 Å². The van der Waals surface area contributed by atoms with Crippen LogP contribution in [0.15, 0.2) is 22.2 Å². The van der Waals surface area contributed by atoms with Gasteiger partial charge in [0.05, 0.1) is 18.2 Å². The Hall–Kier alpha value is -2.35. The highest BCUT2D eigenvalue weighted by atomic mass is 79.9. The second-order valence-corrected chi connectivity index (χ2v) is 7.25. The SMILES string of the molecule is CCOc1c(Br)cc(/C=C2\C(=O)NC(=O)N(C3CCCC3)C2=O)cc1OC. The molecule has 1 aromatic carbocycles. The number of methoxy groups -OCH3 is 1. The summed E-state index contributed by atoms with van der Waals surface area (Å²) in [6.07, 6.45) is 4.94. The number of amides is 4. The van der Waals surface area contributed by atoms with Crippen LogP contribution >= 0.6 is 15.9 Å². The quantitative estimate of drug-likeness (QED) is 0.565. The van der Waals surface area contributed by atoms with Crippen LogP contribution in [-0.2, 0) is 9.59 Å². The normalized spacial score (nSPS) is 19.6. The van der Waals surface area contributed by atoms with Crippen LogP contribution < -0.4 is 14.8 Å². The van der Waals surface area contributed by atoms with Gasteiger partial charge in [0.1, 0.15) is 5.57 Å². The number of nitrogens with zero attached hydrogens (tertiary/aromatic N) is 1. The van der Waals surface area contributed by atoms with E-state index in [9.17, 15) is 14.4 Å². The van der Waals surface area contributed by atoms with Crippen molar-refractivity contribution in [2.24, 2.45) is 0 Å². The van der Waals surface area contributed by atoms with E-state index < -0.39 is 17.8 Å². The number of carbonyl (C=O) groups excluding carboxylic acids is 3. The lowest BCUT2D eigenvalue weighted by Crippen LogP contribution is -2.57. The van der Waals surface area contributed by atoms with Crippen LogP contribution in [0.2, 0.25) is 0 Å². The molecule has 1 heterocycles. The Morgan fingerprint density at radius 2 is 1.96 bits per heavy atom. The molecule has 27 heavy (non-hydrogen) atoms. The van der Waals surface area contributed by atoms with Crippen LogP contribution in [0.5, 0.6) is 11.5 Å². The molecule has 2 fully saturated rings. The van der Waals surface area contributed by atoms with Crippen molar-refractivity contribution in [1.29, 1.82) is 0 Å². The van der Waals surface area contributed by atoms with Gasteiger partial charge in [0.25, 0.3) is 11.8 Å². The summed E-state index contributed by atoms with van der Waals surface area (Å²) < 4.78 is 11.5. The molecule has 8 heteroatoms. The van der Waals surface area contributed by atoms with Gasteiger partial charge in [-0.2, -0.15) is 0 Å². The first-order chi connectivity index (χ1) is 13.0. The number of imide groups is 2. The standard InChI is InChI=1S/C19H21BrN2O5/c1-3-27-16-14(20)9-11(10-15(16)26-2)8-13-17(23)21-19(25)22(18(13)24)12-6-4-5-7-12/h8-10,12H,3-7H2,1-2H3,(H,21,23,25)/b13-8+. The van der Waals surface area contributed by atoms with Gasteiger partial charge in [-0.05, 0) is 59.5 Å². The maximum absolute atomic E-state index is 12.9. The molecule has 0 bridgehead atoms. The van der Waals surface area contributed by atoms with Gasteiger partial charge in [-0.1, -0.05) is 12.8 Å². The zero-order valence-corrected chi connectivity index (χ0v) is 16.8. The lowest BCUT2D eigenvalue weighted by molar-refractivity contribution is -0.131. The lowest BCUT2D eigenvalue weighted by atomic mass is 10.0. The first kappa shape index (κ1) is 19.4. The second kappa shape index (κ2) is 8.12. The van der Waals surface area contributed by atoms with E-state index in [-0.39, 0.29) is 11.6 Å². The van der Waals surface area contributed by atoms with Crippen LogP contribution in [-0.4, -0.2) is 42.5 Å². The third-order valence-corrected chi connectivity index (χ3v) is 5.26. The smallest absolute Gasteiger partial charge is 0.331 e. The molecule has 0 atom stereocenters. The van der Waals surface area contributed by atoms with Gasteiger partial charge in [-0.3, -0.25) is 19.8 Å². The van der Waals surface area contributed by atoms with Crippen molar-refractivity contribution in [3.63, 3.8) is 0 Å². The lowest BCUT2D eigenvalue weighted by Gasteiger charge is -2.31. The number of urea groups is 1. The van der Waals surface area contributed by atoms with Gasteiger partial charge in [0.2, 0.25) is 0 Å². The molecule has 1 saturated heterocycles. The molecule has 1 aliphatic heterocycles. The van der Waals surface area contributed by atoms with Gasteiger partial charge in [0.15, 0.2) is 11.5 Å². The summed E-state index contributed by atoms with van der Waals surface area (Å²) in [6, 6.07) is 2.62. The number of rotatable bonds is 5. The fourth-order valence-corrected chi connectivity index (χ4v) is 4.01. The molecule has 0 aromatic heterocycles. The number of halogens is 1. The summed E-state index contributed by atoms with van der Waals surface area (Å²) in [5.74, 6) is -0.224. The van der Waals surface area contributed by atoms with Crippen LogP contribution in [0.3, 0.4) is 0 Å². The van der Waals surface area contributed by atoms with Gasteiger partial charge < -0.3 is 9.47 Å². The average Bonchev–Trinajstić information content (AvgIpc) is 3.14. The maximum Gasteiger partial charge on any atom is 0.331 e. The average molecular weight is 437 g/mol. The Labute approximate surface area is 165 Å². The van der Waals surface area contributed by atoms with Gasteiger partial charge in [-0.15, -0.1) is 0 Å². The van der Waals surface area contributed by atoms with E-state index in [0.717, 1.165) is 25.7 Å². The van der Waals surface area contributed by atoms with E-state index >= 15 is 0 Å². The van der Waals surface area contributed by atoms with Crippen molar-refractivity contribution in [3.8, 4) is 11.5 Å². The van der Waals surface area contributed by atoms with Crippen LogP contribution in [0, 0.1) is 0 Å². The van der Waals surface area contributed by atoms with Crippen LogP contribution in [0.1, 0.15) is 38.2 Å². The van der Waals surface area contributed by atoms with Crippen molar-refractivity contribution in [2.75, 3.05) is 13.7 Å². The third-order valence-electron chi connectivity index (χ3n) is 4.67. The van der Waals surface area contributed by atoms with E-state index in [1.165, 1.54) is 18.1 Å². The highest BCUT2D eigenvalue weighted by molar-refractivity contribution is 9.10. The van der Waals surface area contributed by atoms with Crippen molar-refractivity contribution >= 4 is 39.9 Å². The number of ether oxygens (including phenoxy) is 2. The molecule has 0 unspecified atom stereocenters. The molecule has 1 saturated carbocycles. The number of nitrogens with one attached hydrogen (secondary N) is 1. The molecular weight excluding hydrogens is 416 g/mol. The Balaban J connectivity index is 1.97. The fraction of sp³-hybridized carbons (Fsp3) is 0.421. The summed E-state index contributed by atoms with van der Waals surface area (Å²) in [7, 11) is 1.51. The van der Waals surface area contributed by atoms with Gasteiger partial charge >= 0.3 is 6.03 Å². The predicted octanol–water partition coefficient (Wildman–Crippen LogP) is 3.26. The molecule has 0 spiro atoms. The van der Waals surface area contributed by atoms with E-state index in [0.29, 0.717) is 28.1 Å². The Bertz CT molecular complexity index is 815. The molecule has 7 nitrogen and oxygen atoms in total. The molecule has 2 aliphatic rings. The largest absolute Gasteiger partial charge is 0.493 e. The topological polar surface area (TPSA) is 84.9 Å². The summed E-state index contributed by atoms with van der Waals surface area (Å²) in [5, 5.41) is 2.27. The van der Waals surface area contributed by atoms with Gasteiger partial charge in [0, 0.05) is 6.04 Å². The monoisotopic (exact) mass is 436 g/mol. The molecule has 0 radical (unpaired) electrons. The van der Waals surface area contributed by atoms with Crippen molar-refractivity contribution in [1.82, 2.24) is 10.2 Å². The van der Waals surface area contributed by atoms with E-state index in [1.54, 1.807) is 12.1 Å². The van der Waals surface area contributed by atoms with Gasteiger partial charge in [-0.25, -0.2) is 4.79 Å². The Morgan fingerprint density at radius 3 is 2.59 bits per heavy atom. The number of barbiturate groups is 1. The molecule has 1 aromatic rings. The molecule has 1 N–H and O–H groups in total. The highest BCUT2D eigenvalue weighted by Gasteiger charge is 2.40. The van der Waals surface area contributed by atoms with Crippen molar-refractivity contribution in [3.05, 3.63) is 27.7 Å². The molecule has 1 aliphatic carbocycles. The summed E-state index contributed by atoms with van der Waals surface area (Å²) >= 11 is 3.43. The minimum Gasteiger partial charge on any atom is -0.493 e. The highest BCUT2D eigenvalue weighted by Crippen LogP contribution is 2.37. The summed E-state index contributed by atoms with van der Waals surface area (Å²) in [4.78, 5) is 38.5. The number of carbonyl (C=O) groups is 3. The van der Waals surface area contributed by atoms with Crippen LogP contribution in [0.4, 0.5) is 4.79 Å².